The Morgan fingerprint density at radius 2 is 1.39 bits per heavy atom. The minimum atomic E-state index is 0.401. The Labute approximate surface area is 137 Å². The first-order valence-electron chi connectivity index (χ1n) is 7.92. The molecule has 0 amide bonds. The van der Waals surface area contributed by atoms with Crippen LogP contribution < -0.4 is 14.2 Å². The molecule has 0 aromatic heterocycles. The first kappa shape index (κ1) is 16.9. The molecule has 4 heteroatoms. The van der Waals surface area contributed by atoms with Crippen LogP contribution in [0.1, 0.15) is 31.9 Å². The number of nitrogens with one attached hydrogen (secondary N) is 1. The van der Waals surface area contributed by atoms with Crippen LogP contribution in [0.5, 0.6) is 17.2 Å². The van der Waals surface area contributed by atoms with Gasteiger partial charge in [-0.3, -0.25) is 5.41 Å². The Kier molecular flexibility index (Phi) is 6.03. The minimum absolute atomic E-state index is 0.401. The molecular formula is C19H23NO3. The van der Waals surface area contributed by atoms with E-state index in [0.717, 1.165) is 5.56 Å². The Hall–Kier alpha value is -2.49. The van der Waals surface area contributed by atoms with E-state index in [-0.39, 0.29) is 0 Å². The number of rotatable bonds is 8. The lowest BCUT2D eigenvalue weighted by Crippen LogP contribution is -2.09. The molecule has 0 aliphatic rings. The van der Waals surface area contributed by atoms with Crippen LogP contribution in [-0.4, -0.2) is 25.5 Å². The van der Waals surface area contributed by atoms with E-state index in [0.29, 0.717) is 48.3 Å². The zero-order chi connectivity index (χ0) is 16.7. The van der Waals surface area contributed by atoms with Gasteiger partial charge >= 0.3 is 0 Å². The number of hydrogen-bond donors (Lipinski definition) is 1. The molecule has 2 aromatic carbocycles. The summed E-state index contributed by atoms with van der Waals surface area (Å²) in [7, 11) is 0. The molecule has 0 saturated heterocycles. The third-order valence-electron chi connectivity index (χ3n) is 3.29. The Morgan fingerprint density at radius 3 is 2.00 bits per heavy atom. The first-order valence-corrected chi connectivity index (χ1v) is 7.92. The molecular weight excluding hydrogens is 290 g/mol. The van der Waals surface area contributed by atoms with Gasteiger partial charge in [0.05, 0.1) is 25.5 Å². The summed E-state index contributed by atoms with van der Waals surface area (Å²) in [5.41, 5.74) is 1.93. The second-order valence-corrected chi connectivity index (χ2v) is 4.81. The minimum Gasteiger partial charge on any atom is -0.490 e. The third-order valence-corrected chi connectivity index (χ3v) is 3.29. The van der Waals surface area contributed by atoms with E-state index in [4.69, 9.17) is 19.6 Å². The molecule has 122 valence electrons. The van der Waals surface area contributed by atoms with Crippen LogP contribution in [0.2, 0.25) is 0 Å². The molecule has 0 fully saturated rings. The van der Waals surface area contributed by atoms with Crippen molar-refractivity contribution in [3.8, 4) is 17.2 Å². The van der Waals surface area contributed by atoms with Crippen LogP contribution in [0.15, 0.2) is 42.5 Å². The van der Waals surface area contributed by atoms with Crippen molar-refractivity contribution in [2.24, 2.45) is 0 Å². The highest BCUT2D eigenvalue weighted by Gasteiger charge is 2.20. The summed E-state index contributed by atoms with van der Waals surface area (Å²) in [6.07, 6.45) is 0. The first-order chi connectivity index (χ1) is 11.2. The normalized spacial score (nSPS) is 10.2. The number of benzene rings is 2. The van der Waals surface area contributed by atoms with Crippen LogP contribution in [-0.2, 0) is 0 Å². The van der Waals surface area contributed by atoms with E-state index < -0.39 is 0 Å². The highest BCUT2D eigenvalue weighted by Crippen LogP contribution is 2.41. The average Bonchev–Trinajstić information content (AvgIpc) is 2.58. The second-order valence-electron chi connectivity index (χ2n) is 4.81. The molecule has 0 radical (unpaired) electrons. The number of hydrogen-bond acceptors (Lipinski definition) is 4. The maximum atomic E-state index is 8.51. The molecule has 2 rings (SSSR count). The highest BCUT2D eigenvalue weighted by molar-refractivity contribution is 6.13. The summed E-state index contributed by atoms with van der Waals surface area (Å²) < 4.78 is 17.2. The topological polar surface area (TPSA) is 51.5 Å². The lowest BCUT2D eigenvalue weighted by molar-refractivity contribution is 0.260. The smallest absolute Gasteiger partial charge is 0.204 e. The largest absolute Gasteiger partial charge is 0.490 e. The van der Waals surface area contributed by atoms with Crippen LogP contribution in [0.25, 0.3) is 0 Å². The van der Waals surface area contributed by atoms with Gasteiger partial charge in [-0.25, -0.2) is 0 Å². The summed E-state index contributed by atoms with van der Waals surface area (Å²) in [6, 6.07) is 13.3. The van der Waals surface area contributed by atoms with Gasteiger partial charge in [-0.2, -0.15) is 0 Å². The predicted molar refractivity (Wildman–Crippen MR) is 92.3 cm³/mol. The van der Waals surface area contributed by atoms with Gasteiger partial charge < -0.3 is 14.2 Å². The molecule has 4 nitrogen and oxygen atoms in total. The van der Waals surface area contributed by atoms with Gasteiger partial charge in [-0.15, -0.1) is 0 Å². The lowest BCUT2D eigenvalue weighted by Gasteiger charge is -2.19. The fourth-order valence-electron chi connectivity index (χ4n) is 2.34. The van der Waals surface area contributed by atoms with Crippen molar-refractivity contribution in [2.75, 3.05) is 19.8 Å². The maximum Gasteiger partial charge on any atom is 0.204 e. The molecule has 1 N–H and O–H groups in total. The maximum absolute atomic E-state index is 8.51. The van der Waals surface area contributed by atoms with Gasteiger partial charge in [-0.05, 0) is 32.9 Å². The van der Waals surface area contributed by atoms with Crippen molar-refractivity contribution >= 4 is 5.71 Å². The Balaban J connectivity index is 2.54. The van der Waals surface area contributed by atoms with Crippen molar-refractivity contribution in [1.29, 1.82) is 5.41 Å². The molecule has 23 heavy (non-hydrogen) atoms. The molecule has 0 saturated carbocycles. The van der Waals surface area contributed by atoms with Gasteiger partial charge in [0.15, 0.2) is 11.5 Å². The van der Waals surface area contributed by atoms with Crippen molar-refractivity contribution in [1.82, 2.24) is 0 Å². The van der Waals surface area contributed by atoms with Gasteiger partial charge in [0.1, 0.15) is 0 Å². The Bertz CT molecular complexity index is 653. The monoisotopic (exact) mass is 313 g/mol. The second kappa shape index (κ2) is 8.22. The Morgan fingerprint density at radius 1 is 0.783 bits per heavy atom. The van der Waals surface area contributed by atoms with Crippen molar-refractivity contribution in [2.45, 2.75) is 20.8 Å². The molecule has 2 aromatic rings. The molecule has 0 unspecified atom stereocenters. The summed E-state index contributed by atoms with van der Waals surface area (Å²) >= 11 is 0. The standard InChI is InChI=1S/C19H23NO3/c1-4-21-16-13-12-15(17(20)14-10-8-7-9-11-14)18(22-5-2)19(16)23-6-3/h7-13,20H,4-6H2,1-3H3. The lowest BCUT2D eigenvalue weighted by atomic mass is 10.0. The van der Waals surface area contributed by atoms with Crippen LogP contribution in [0.3, 0.4) is 0 Å². The van der Waals surface area contributed by atoms with Crippen LogP contribution in [0, 0.1) is 5.41 Å². The molecule has 0 aliphatic heterocycles. The van der Waals surface area contributed by atoms with Crippen LogP contribution >= 0.6 is 0 Å². The van der Waals surface area contributed by atoms with Gasteiger partial charge in [0, 0.05) is 11.1 Å². The van der Waals surface area contributed by atoms with E-state index in [9.17, 15) is 0 Å². The van der Waals surface area contributed by atoms with Gasteiger partial charge in [-0.1, -0.05) is 30.3 Å². The average molecular weight is 313 g/mol. The third kappa shape index (κ3) is 3.83. The fourth-order valence-corrected chi connectivity index (χ4v) is 2.34. The summed E-state index contributed by atoms with van der Waals surface area (Å²) in [5, 5.41) is 8.51. The summed E-state index contributed by atoms with van der Waals surface area (Å²) in [4.78, 5) is 0. The van der Waals surface area contributed by atoms with Gasteiger partial charge in [0.25, 0.3) is 0 Å². The van der Waals surface area contributed by atoms with Crippen molar-refractivity contribution in [3.63, 3.8) is 0 Å². The van der Waals surface area contributed by atoms with E-state index >= 15 is 0 Å². The van der Waals surface area contributed by atoms with Crippen LogP contribution in [0.4, 0.5) is 0 Å². The zero-order valence-corrected chi connectivity index (χ0v) is 13.9. The molecule has 0 bridgehead atoms. The van der Waals surface area contributed by atoms with E-state index in [1.54, 1.807) is 0 Å². The quantitative estimate of drug-likeness (QED) is 0.739. The highest BCUT2D eigenvalue weighted by atomic mass is 16.5. The van der Waals surface area contributed by atoms with Crippen molar-refractivity contribution in [3.05, 3.63) is 53.6 Å². The molecule has 0 heterocycles. The zero-order valence-electron chi connectivity index (χ0n) is 13.9. The molecule has 0 spiro atoms. The van der Waals surface area contributed by atoms with Crippen molar-refractivity contribution < 1.29 is 14.2 Å². The number of ether oxygens (including phenoxy) is 3. The van der Waals surface area contributed by atoms with E-state index in [1.165, 1.54) is 0 Å². The molecule has 0 atom stereocenters. The SMILES string of the molecule is CCOc1ccc(C(=N)c2ccccc2)c(OCC)c1OCC. The molecule has 0 aliphatic carbocycles. The van der Waals surface area contributed by atoms with E-state index in [2.05, 4.69) is 0 Å². The van der Waals surface area contributed by atoms with E-state index in [1.807, 2.05) is 63.2 Å². The predicted octanol–water partition coefficient (Wildman–Crippen LogP) is 4.30. The summed E-state index contributed by atoms with van der Waals surface area (Å²) in [5.74, 6) is 1.77. The fraction of sp³-hybridized carbons (Fsp3) is 0.316. The van der Waals surface area contributed by atoms with Gasteiger partial charge in [0.2, 0.25) is 5.75 Å². The summed E-state index contributed by atoms with van der Waals surface area (Å²) in [6.45, 7) is 7.30.